The number of piperidine rings is 1. The number of halogens is 2. The normalized spacial score (nSPS) is 17.6. The Hall–Kier alpha value is -2.27. The third-order valence-corrected chi connectivity index (χ3v) is 4.30. The monoisotopic (exact) mass is 331 g/mol. The number of likely N-dealkylation sites (tertiary alicyclic amines) is 1. The summed E-state index contributed by atoms with van der Waals surface area (Å²) in [6.45, 7) is 0.639. The first-order valence-corrected chi connectivity index (χ1v) is 7.96. The number of hydrogen-bond donors (Lipinski definition) is 1. The lowest BCUT2D eigenvalue weighted by molar-refractivity contribution is -0.0660. The molecule has 2 aromatic rings. The molecule has 1 aliphatic heterocycles. The molecule has 3 nitrogen and oxygen atoms in total. The molecule has 0 aromatic heterocycles. The van der Waals surface area contributed by atoms with Gasteiger partial charge in [-0.05, 0) is 41.8 Å². The van der Waals surface area contributed by atoms with Gasteiger partial charge in [0.05, 0.1) is 12.1 Å². The minimum Gasteiger partial charge on any atom is -0.478 e. The van der Waals surface area contributed by atoms with Crippen LogP contribution in [0.15, 0.2) is 48.5 Å². The highest BCUT2D eigenvalue weighted by atomic mass is 19.3. The Morgan fingerprint density at radius 1 is 1.17 bits per heavy atom. The molecule has 0 saturated carbocycles. The van der Waals surface area contributed by atoms with Gasteiger partial charge in [0.2, 0.25) is 0 Å². The maximum atomic E-state index is 13.7. The quantitative estimate of drug-likeness (QED) is 0.909. The average molecular weight is 331 g/mol. The summed E-state index contributed by atoms with van der Waals surface area (Å²) in [5.74, 6) is -3.69. The standard InChI is InChI=1S/C19H19F2NO2/c20-19(21)9-4-10-22(13-19)12-16-11-15(18(23)24)7-8-17(16)14-5-2-1-3-6-14/h1-3,5-8,11H,4,9-10,12-13H2,(H,23,24). The van der Waals surface area contributed by atoms with Crippen LogP contribution in [0.1, 0.15) is 28.8 Å². The van der Waals surface area contributed by atoms with Crippen molar-refractivity contribution in [3.63, 3.8) is 0 Å². The Kier molecular flexibility index (Phi) is 4.62. The van der Waals surface area contributed by atoms with Crippen molar-refractivity contribution in [2.24, 2.45) is 0 Å². The molecule has 0 spiro atoms. The van der Waals surface area contributed by atoms with Gasteiger partial charge in [0, 0.05) is 13.0 Å². The van der Waals surface area contributed by atoms with E-state index in [1.54, 1.807) is 23.1 Å². The third-order valence-electron chi connectivity index (χ3n) is 4.30. The van der Waals surface area contributed by atoms with Crippen molar-refractivity contribution in [1.29, 1.82) is 0 Å². The molecule has 0 unspecified atom stereocenters. The number of carboxylic acids is 1. The largest absolute Gasteiger partial charge is 0.478 e. The van der Waals surface area contributed by atoms with Crippen LogP contribution in [-0.2, 0) is 6.54 Å². The fourth-order valence-corrected chi connectivity index (χ4v) is 3.18. The Bertz CT molecular complexity index is 731. The summed E-state index contributed by atoms with van der Waals surface area (Å²) in [5, 5.41) is 9.23. The highest BCUT2D eigenvalue weighted by Crippen LogP contribution is 2.30. The van der Waals surface area contributed by atoms with Gasteiger partial charge < -0.3 is 5.11 Å². The first kappa shape index (κ1) is 16.6. The molecule has 2 aromatic carbocycles. The fourth-order valence-electron chi connectivity index (χ4n) is 3.18. The van der Waals surface area contributed by atoms with Crippen molar-refractivity contribution < 1.29 is 18.7 Å². The molecular formula is C19H19F2NO2. The number of nitrogens with zero attached hydrogens (tertiary/aromatic N) is 1. The topological polar surface area (TPSA) is 40.5 Å². The van der Waals surface area contributed by atoms with Gasteiger partial charge in [-0.25, -0.2) is 13.6 Å². The lowest BCUT2D eigenvalue weighted by Gasteiger charge is -2.32. The van der Waals surface area contributed by atoms with Gasteiger partial charge in [0.25, 0.3) is 5.92 Å². The Morgan fingerprint density at radius 3 is 2.58 bits per heavy atom. The maximum Gasteiger partial charge on any atom is 0.335 e. The van der Waals surface area contributed by atoms with E-state index in [1.165, 1.54) is 0 Å². The Balaban J connectivity index is 1.94. The van der Waals surface area contributed by atoms with Crippen LogP contribution in [0.5, 0.6) is 0 Å². The van der Waals surface area contributed by atoms with Crippen molar-refractivity contribution in [2.75, 3.05) is 13.1 Å². The number of hydrogen-bond acceptors (Lipinski definition) is 2. The molecule has 0 amide bonds. The van der Waals surface area contributed by atoms with Crippen LogP contribution in [0.2, 0.25) is 0 Å². The molecule has 0 aliphatic carbocycles. The Morgan fingerprint density at radius 2 is 1.92 bits per heavy atom. The lowest BCUT2D eigenvalue weighted by Crippen LogP contribution is -2.42. The summed E-state index contributed by atoms with van der Waals surface area (Å²) in [6, 6.07) is 14.5. The zero-order valence-corrected chi connectivity index (χ0v) is 13.2. The molecule has 126 valence electrons. The molecule has 0 radical (unpaired) electrons. The Labute approximate surface area is 139 Å². The van der Waals surface area contributed by atoms with Crippen LogP contribution in [0.4, 0.5) is 8.78 Å². The zero-order chi connectivity index (χ0) is 17.2. The third kappa shape index (κ3) is 3.79. The van der Waals surface area contributed by atoms with Crippen molar-refractivity contribution in [3.8, 4) is 11.1 Å². The van der Waals surface area contributed by atoms with Crippen molar-refractivity contribution >= 4 is 5.97 Å². The van der Waals surface area contributed by atoms with E-state index >= 15 is 0 Å². The maximum absolute atomic E-state index is 13.7. The SMILES string of the molecule is O=C(O)c1ccc(-c2ccccc2)c(CN2CCCC(F)(F)C2)c1. The van der Waals surface area contributed by atoms with Gasteiger partial charge >= 0.3 is 5.97 Å². The molecule has 1 saturated heterocycles. The van der Waals surface area contributed by atoms with Crippen LogP contribution in [0, 0.1) is 0 Å². The molecule has 1 N–H and O–H groups in total. The number of aromatic carboxylic acids is 1. The van der Waals surface area contributed by atoms with Gasteiger partial charge in [-0.3, -0.25) is 4.90 Å². The lowest BCUT2D eigenvalue weighted by atomic mass is 9.96. The average Bonchev–Trinajstić information content (AvgIpc) is 2.54. The second-order valence-electron chi connectivity index (χ2n) is 6.21. The highest BCUT2D eigenvalue weighted by molar-refractivity contribution is 5.89. The molecule has 0 bridgehead atoms. The number of alkyl halides is 2. The van der Waals surface area contributed by atoms with Crippen LogP contribution in [0.25, 0.3) is 11.1 Å². The minimum atomic E-state index is -2.67. The second kappa shape index (κ2) is 6.69. The summed E-state index contributed by atoms with van der Waals surface area (Å²) < 4.78 is 27.3. The van der Waals surface area contributed by atoms with E-state index in [4.69, 9.17) is 0 Å². The van der Waals surface area contributed by atoms with Crippen molar-refractivity contribution in [2.45, 2.75) is 25.3 Å². The van der Waals surface area contributed by atoms with Crippen LogP contribution < -0.4 is 0 Å². The summed E-state index contributed by atoms with van der Waals surface area (Å²) >= 11 is 0. The van der Waals surface area contributed by atoms with Crippen LogP contribution in [-0.4, -0.2) is 35.0 Å². The molecule has 1 heterocycles. The summed E-state index contributed by atoms with van der Waals surface area (Å²) in [7, 11) is 0. The first-order chi connectivity index (χ1) is 11.4. The van der Waals surface area contributed by atoms with Gasteiger partial charge in [0.1, 0.15) is 0 Å². The predicted molar refractivity (Wildman–Crippen MR) is 88.3 cm³/mol. The van der Waals surface area contributed by atoms with Crippen molar-refractivity contribution in [3.05, 3.63) is 59.7 Å². The fraction of sp³-hybridized carbons (Fsp3) is 0.316. The summed E-state index contributed by atoms with van der Waals surface area (Å²) in [5.41, 5.74) is 2.77. The van der Waals surface area contributed by atoms with E-state index in [1.807, 2.05) is 30.3 Å². The van der Waals surface area contributed by atoms with E-state index in [0.717, 1.165) is 16.7 Å². The van der Waals surface area contributed by atoms with Gasteiger partial charge in [-0.1, -0.05) is 36.4 Å². The van der Waals surface area contributed by atoms with E-state index in [2.05, 4.69) is 0 Å². The molecule has 5 heteroatoms. The molecule has 1 fully saturated rings. The second-order valence-corrected chi connectivity index (χ2v) is 6.21. The van der Waals surface area contributed by atoms with Gasteiger partial charge in [0.15, 0.2) is 0 Å². The van der Waals surface area contributed by atoms with Crippen LogP contribution >= 0.6 is 0 Å². The number of rotatable bonds is 4. The van der Waals surface area contributed by atoms with E-state index < -0.39 is 11.9 Å². The molecule has 3 rings (SSSR count). The number of carbonyl (C=O) groups is 1. The predicted octanol–water partition coefficient (Wildman–Crippen LogP) is 4.28. The molecule has 0 atom stereocenters. The van der Waals surface area contributed by atoms with Gasteiger partial charge in [-0.15, -0.1) is 0 Å². The number of carboxylic acid groups (broad SMARTS) is 1. The summed E-state index contributed by atoms with van der Waals surface area (Å²) in [6.07, 6.45) is 0.372. The van der Waals surface area contributed by atoms with Crippen molar-refractivity contribution in [1.82, 2.24) is 4.90 Å². The molecule has 1 aliphatic rings. The first-order valence-electron chi connectivity index (χ1n) is 7.96. The zero-order valence-electron chi connectivity index (χ0n) is 13.2. The highest BCUT2D eigenvalue weighted by Gasteiger charge is 2.35. The smallest absolute Gasteiger partial charge is 0.335 e. The van der Waals surface area contributed by atoms with E-state index in [9.17, 15) is 18.7 Å². The number of benzene rings is 2. The van der Waals surface area contributed by atoms with Gasteiger partial charge in [-0.2, -0.15) is 0 Å². The van der Waals surface area contributed by atoms with E-state index in [-0.39, 0.29) is 18.5 Å². The molecule has 24 heavy (non-hydrogen) atoms. The minimum absolute atomic E-state index is 0.0792. The van der Waals surface area contributed by atoms with Crippen LogP contribution in [0.3, 0.4) is 0 Å². The van der Waals surface area contributed by atoms with E-state index in [0.29, 0.717) is 19.5 Å². The summed E-state index contributed by atoms with van der Waals surface area (Å²) in [4.78, 5) is 13.0. The molecular weight excluding hydrogens is 312 g/mol.